The van der Waals surface area contributed by atoms with Crippen molar-refractivity contribution in [1.82, 2.24) is 4.90 Å². The zero-order valence-corrected chi connectivity index (χ0v) is 13.5. The van der Waals surface area contributed by atoms with Crippen LogP contribution >= 0.6 is 0 Å². The van der Waals surface area contributed by atoms with Gasteiger partial charge in [-0.15, -0.1) is 0 Å². The molecule has 0 radical (unpaired) electrons. The number of amides is 1. The van der Waals surface area contributed by atoms with Crippen molar-refractivity contribution in [1.29, 1.82) is 0 Å². The molecule has 6 unspecified atom stereocenters. The van der Waals surface area contributed by atoms with Gasteiger partial charge in [0, 0.05) is 18.8 Å². The molecule has 5 aliphatic rings. The predicted molar refractivity (Wildman–Crippen MR) is 76.8 cm³/mol. The van der Waals surface area contributed by atoms with Crippen LogP contribution in [0.15, 0.2) is 0 Å². The third kappa shape index (κ3) is 2.06. The van der Waals surface area contributed by atoms with E-state index in [4.69, 9.17) is 14.5 Å². The molecule has 7 heteroatoms. The molecule has 1 saturated carbocycles. The van der Waals surface area contributed by atoms with Crippen molar-refractivity contribution in [3.05, 3.63) is 0 Å². The normalized spacial score (nSPS) is 48.8. The number of piperidine rings is 1. The fraction of sp³-hybridized carbons (Fsp3) is 0.875. The molecule has 1 spiro atoms. The molecule has 1 N–H and O–H groups in total. The van der Waals surface area contributed by atoms with Crippen LogP contribution in [0.3, 0.4) is 0 Å². The first-order valence-corrected chi connectivity index (χ1v) is 8.41. The third-order valence-electron chi connectivity index (χ3n) is 6.22. The van der Waals surface area contributed by atoms with E-state index < -0.39 is 23.6 Å². The highest BCUT2D eigenvalue weighted by molar-refractivity contribution is 5.83. The van der Waals surface area contributed by atoms with Crippen molar-refractivity contribution >= 4 is 11.9 Å². The average Bonchev–Trinajstić information content (AvgIpc) is 2.72. The lowest BCUT2D eigenvalue weighted by Gasteiger charge is -2.59. The zero-order valence-electron chi connectivity index (χ0n) is 13.5. The second kappa shape index (κ2) is 4.91. The lowest BCUT2D eigenvalue weighted by atomic mass is 9.59. The Morgan fingerprint density at radius 2 is 2.13 bits per heavy atom. The Kier molecular flexibility index (Phi) is 3.28. The standard InChI is InChI=1S/C16H23NO6/c1-9-3-4-10-7-12(18)17(8-13(19)20)14-16(10)11(9)5-6-15(2,21-14)22-23-16/h9-11,14H,3-8H2,1-2H3,(H,19,20). The molecule has 2 bridgehead atoms. The summed E-state index contributed by atoms with van der Waals surface area (Å²) in [6.07, 6.45) is 3.14. The minimum atomic E-state index is -1.04. The average molecular weight is 325 g/mol. The lowest BCUT2D eigenvalue weighted by molar-refractivity contribution is -0.545. The lowest BCUT2D eigenvalue weighted by Crippen LogP contribution is -2.73. The van der Waals surface area contributed by atoms with Crippen molar-refractivity contribution in [2.24, 2.45) is 17.8 Å². The topological polar surface area (TPSA) is 85.3 Å². The minimum Gasteiger partial charge on any atom is -0.480 e. The molecule has 0 aromatic rings. The highest BCUT2D eigenvalue weighted by Gasteiger charge is 2.69. The van der Waals surface area contributed by atoms with Gasteiger partial charge in [-0.2, -0.15) is 0 Å². The molecule has 6 atom stereocenters. The molecule has 1 aliphatic carbocycles. The third-order valence-corrected chi connectivity index (χ3v) is 6.22. The van der Waals surface area contributed by atoms with E-state index in [9.17, 15) is 14.7 Å². The quantitative estimate of drug-likeness (QED) is 0.775. The smallest absolute Gasteiger partial charge is 0.323 e. The van der Waals surface area contributed by atoms with Crippen LogP contribution < -0.4 is 0 Å². The summed E-state index contributed by atoms with van der Waals surface area (Å²) in [4.78, 5) is 36.7. The number of rotatable bonds is 2. The first-order valence-electron chi connectivity index (χ1n) is 8.41. The predicted octanol–water partition coefficient (Wildman–Crippen LogP) is 1.52. The van der Waals surface area contributed by atoms with Crippen molar-refractivity contribution in [3.63, 3.8) is 0 Å². The SMILES string of the molecule is CC1CCC2CC(=O)N(CC(=O)O)C3OC4(C)CCC1C23OO4. The van der Waals surface area contributed by atoms with E-state index in [-0.39, 0.29) is 24.3 Å². The Balaban J connectivity index is 1.81. The van der Waals surface area contributed by atoms with Crippen LogP contribution in [0.25, 0.3) is 0 Å². The zero-order chi connectivity index (χ0) is 16.4. The molecule has 7 nitrogen and oxygen atoms in total. The van der Waals surface area contributed by atoms with E-state index in [1.54, 1.807) is 6.92 Å². The van der Waals surface area contributed by atoms with Gasteiger partial charge in [-0.05, 0) is 38.0 Å². The first-order chi connectivity index (χ1) is 10.9. The molecule has 5 rings (SSSR count). The van der Waals surface area contributed by atoms with Gasteiger partial charge in [0.1, 0.15) is 6.54 Å². The molecule has 4 saturated heterocycles. The largest absolute Gasteiger partial charge is 0.480 e. The number of likely N-dealkylation sites (tertiary alicyclic amines) is 1. The number of nitrogens with zero attached hydrogens (tertiary/aromatic N) is 1. The second-order valence-electron chi connectivity index (χ2n) is 7.64. The van der Waals surface area contributed by atoms with E-state index in [1.165, 1.54) is 4.90 Å². The number of hydrogen-bond donors (Lipinski definition) is 1. The van der Waals surface area contributed by atoms with Crippen molar-refractivity contribution < 1.29 is 29.2 Å². The molecule has 23 heavy (non-hydrogen) atoms. The number of carbonyl (C=O) groups excluding carboxylic acids is 1. The number of carboxylic acid groups (broad SMARTS) is 1. The summed E-state index contributed by atoms with van der Waals surface area (Å²) in [5, 5.41) is 9.21. The van der Waals surface area contributed by atoms with Crippen LogP contribution in [-0.4, -0.2) is 46.0 Å². The van der Waals surface area contributed by atoms with Gasteiger partial charge in [-0.25, -0.2) is 9.78 Å². The molecule has 4 heterocycles. The summed E-state index contributed by atoms with van der Waals surface area (Å²) >= 11 is 0. The maximum atomic E-state index is 12.5. The highest BCUT2D eigenvalue weighted by Crippen LogP contribution is 2.59. The maximum absolute atomic E-state index is 12.5. The number of aliphatic carboxylic acids is 1. The van der Waals surface area contributed by atoms with Gasteiger partial charge in [0.15, 0.2) is 11.8 Å². The summed E-state index contributed by atoms with van der Waals surface area (Å²) in [5.41, 5.74) is -0.739. The highest BCUT2D eigenvalue weighted by atomic mass is 17.3. The monoisotopic (exact) mass is 325 g/mol. The summed E-state index contributed by atoms with van der Waals surface area (Å²) in [7, 11) is 0. The van der Waals surface area contributed by atoms with E-state index in [2.05, 4.69) is 6.92 Å². The second-order valence-corrected chi connectivity index (χ2v) is 7.64. The fourth-order valence-corrected chi connectivity index (χ4v) is 5.08. The first kappa shape index (κ1) is 15.4. The number of hydrogen-bond acceptors (Lipinski definition) is 5. The van der Waals surface area contributed by atoms with E-state index in [0.29, 0.717) is 18.8 Å². The van der Waals surface area contributed by atoms with Crippen LogP contribution in [0, 0.1) is 17.8 Å². The van der Waals surface area contributed by atoms with Crippen molar-refractivity contribution in [2.75, 3.05) is 6.54 Å². The number of ether oxygens (including phenoxy) is 1. The van der Waals surface area contributed by atoms with Gasteiger partial charge in [0.25, 0.3) is 0 Å². The van der Waals surface area contributed by atoms with Gasteiger partial charge in [-0.3, -0.25) is 9.59 Å². The molecule has 128 valence electrons. The van der Waals surface area contributed by atoms with Gasteiger partial charge >= 0.3 is 5.97 Å². The summed E-state index contributed by atoms with van der Waals surface area (Å²) < 4.78 is 6.16. The van der Waals surface area contributed by atoms with Crippen molar-refractivity contribution in [2.45, 2.75) is 63.6 Å². The molecule has 4 aliphatic heterocycles. The van der Waals surface area contributed by atoms with Gasteiger partial charge in [0.2, 0.25) is 11.7 Å². The maximum Gasteiger partial charge on any atom is 0.323 e. The Morgan fingerprint density at radius 3 is 2.87 bits per heavy atom. The number of carbonyl (C=O) groups is 2. The Hall–Kier alpha value is -1.18. The van der Waals surface area contributed by atoms with Crippen molar-refractivity contribution in [3.8, 4) is 0 Å². The summed E-state index contributed by atoms with van der Waals surface area (Å²) in [6, 6.07) is 0. The summed E-state index contributed by atoms with van der Waals surface area (Å²) in [6.45, 7) is 3.64. The van der Waals surface area contributed by atoms with Gasteiger partial charge < -0.3 is 14.7 Å². The molecule has 5 fully saturated rings. The Labute approximate surface area is 134 Å². The van der Waals surface area contributed by atoms with Crippen LogP contribution in [0.2, 0.25) is 0 Å². The molecule has 0 aromatic heterocycles. The van der Waals surface area contributed by atoms with E-state index in [1.807, 2.05) is 0 Å². The molecular weight excluding hydrogens is 302 g/mol. The minimum absolute atomic E-state index is 0.0221. The fourth-order valence-electron chi connectivity index (χ4n) is 5.08. The van der Waals surface area contributed by atoms with Crippen LogP contribution in [0.5, 0.6) is 0 Å². The Bertz CT molecular complexity index is 549. The Morgan fingerprint density at radius 1 is 1.35 bits per heavy atom. The van der Waals surface area contributed by atoms with Crippen LogP contribution in [0.4, 0.5) is 0 Å². The van der Waals surface area contributed by atoms with E-state index >= 15 is 0 Å². The molecule has 0 aromatic carbocycles. The molecule has 1 amide bonds. The van der Waals surface area contributed by atoms with E-state index in [0.717, 1.165) is 19.3 Å². The van der Waals surface area contributed by atoms with Gasteiger partial charge in [0.05, 0.1) is 0 Å². The van der Waals surface area contributed by atoms with Crippen LogP contribution in [0.1, 0.15) is 46.0 Å². The van der Waals surface area contributed by atoms with Gasteiger partial charge in [-0.1, -0.05) is 6.92 Å². The molecular formula is C16H23NO6. The van der Waals surface area contributed by atoms with Crippen LogP contribution in [-0.2, 0) is 24.1 Å². The number of carboxylic acids is 1. The number of fused-ring (bicyclic) bond motifs is 2. The summed E-state index contributed by atoms with van der Waals surface area (Å²) in [5.74, 6) is -1.47.